The van der Waals surface area contributed by atoms with Gasteiger partial charge in [-0.1, -0.05) is 0 Å². The molecule has 0 spiro atoms. The zero-order valence-corrected chi connectivity index (χ0v) is 10.0. The second-order valence-corrected chi connectivity index (χ2v) is 3.97. The van der Waals surface area contributed by atoms with Crippen molar-refractivity contribution >= 4 is 5.91 Å². The van der Waals surface area contributed by atoms with Crippen molar-refractivity contribution in [3.8, 4) is 0 Å². The van der Waals surface area contributed by atoms with E-state index >= 15 is 0 Å². The lowest BCUT2D eigenvalue weighted by Crippen LogP contribution is -2.45. The maximum atomic E-state index is 11.5. The lowest BCUT2D eigenvalue weighted by atomic mass is 10.1. The summed E-state index contributed by atoms with van der Waals surface area (Å²) in [5, 5.41) is 2.76. The highest BCUT2D eigenvalue weighted by Crippen LogP contribution is 2.06. The monoisotopic (exact) mass is 218 g/mol. The summed E-state index contributed by atoms with van der Waals surface area (Å²) in [6, 6.07) is -0.0408. The van der Waals surface area contributed by atoms with Gasteiger partial charge in [0.2, 0.25) is 0 Å². The molecule has 0 fully saturated rings. The molecule has 15 heavy (non-hydrogen) atoms. The molecule has 1 atom stereocenters. The van der Waals surface area contributed by atoms with Crippen molar-refractivity contribution in [3.63, 3.8) is 0 Å². The van der Waals surface area contributed by atoms with E-state index in [0.717, 1.165) is 0 Å². The number of nitrogens with one attached hydrogen (secondary N) is 1. The minimum Gasteiger partial charge on any atom is -0.383 e. The predicted molar refractivity (Wildman–Crippen MR) is 58.6 cm³/mol. The van der Waals surface area contributed by atoms with E-state index in [9.17, 15) is 4.79 Å². The molecular formula is C10H22N2O3. The molecule has 3 N–H and O–H groups in total. The minimum atomic E-state index is -0.786. The molecule has 5 nitrogen and oxygen atoms in total. The lowest BCUT2D eigenvalue weighted by molar-refractivity contribution is -0.139. The van der Waals surface area contributed by atoms with Gasteiger partial charge in [0.1, 0.15) is 5.60 Å². The average Bonchev–Trinajstić information content (AvgIpc) is 2.18. The second kappa shape index (κ2) is 6.76. The predicted octanol–water partition coefficient (Wildman–Crippen LogP) is -0.109. The largest absolute Gasteiger partial charge is 0.383 e. The molecule has 5 heteroatoms. The third-order valence-electron chi connectivity index (χ3n) is 2.24. The molecule has 0 heterocycles. The first-order chi connectivity index (χ1) is 6.94. The normalized spacial score (nSPS) is 13.7. The van der Waals surface area contributed by atoms with Gasteiger partial charge in [-0.25, -0.2) is 0 Å². The third-order valence-corrected chi connectivity index (χ3v) is 2.24. The van der Waals surface area contributed by atoms with Crippen LogP contribution < -0.4 is 11.1 Å². The van der Waals surface area contributed by atoms with E-state index in [1.54, 1.807) is 21.0 Å². The number of rotatable bonds is 7. The number of hydrogen-bond acceptors (Lipinski definition) is 4. The first-order valence-corrected chi connectivity index (χ1v) is 5.02. The van der Waals surface area contributed by atoms with Crippen molar-refractivity contribution in [2.45, 2.75) is 31.9 Å². The van der Waals surface area contributed by atoms with E-state index in [4.69, 9.17) is 15.2 Å². The molecule has 1 amide bonds. The van der Waals surface area contributed by atoms with Crippen LogP contribution in [0.25, 0.3) is 0 Å². The summed E-state index contributed by atoms with van der Waals surface area (Å²) in [7, 11) is 3.11. The highest BCUT2D eigenvalue weighted by molar-refractivity contribution is 5.84. The highest BCUT2D eigenvalue weighted by Gasteiger charge is 2.26. The van der Waals surface area contributed by atoms with Crippen molar-refractivity contribution in [2.75, 3.05) is 27.4 Å². The van der Waals surface area contributed by atoms with Crippen LogP contribution in [0.5, 0.6) is 0 Å². The SMILES string of the molecule is COCC(N)CCNC(=O)C(C)(C)OC. The van der Waals surface area contributed by atoms with Crippen molar-refractivity contribution in [3.05, 3.63) is 0 Å². The van der Waals surface area contributed by atoms with E-state index in [2.05, 4.69) is 5.32 Å². The van der Waals surface area contributed by atoms with Crippen LogP contribution in [-0.2, 0) is 14.3 Å². The summed E-state index contributed by atoms with van der Waals surface area (Å²) in [6.07, 6.45) is 0.694. The Morgan fingerprint density at radius 3 is 2.53 bits per heavy atom. The summed E-state index contributed by atoms with van der Waals surface area (Å²) in [5.41, 5.74) is 4.92. The summed E-state index contributed by atoms with van der Waals surface area (Å²) in [5.74, 6) is -0.130. The quantitative estimate of drug-likeness (QED) is 0.625. The van der Waals surface area contributed by atoms with Crippen molar-refractivity contribution in [2.24, 2.45) is 5.73 Å². The van der Waals surface area contributed by atoms with E-state index < -0.39 is 5.60 Å². The summed E-state index contributed by atoms with van der Waals surface area (Å²) < 4.78 is 9.92. The molecule has 0 aromatic heterocycles. The maximum Gasteiger partial charge on any atom is 0.251 e. The van der Waals surface area contributed by atoms with Crippen LogP contribution in [0.2, 0.25) is 0 Å². The lowest BCUT2D eigenvalue weighted by Gasteiger charge is -2.22. The van der Waals surface area contributed by atoms with Gasteiger partial charge in [0.05, 0.1) is 6.61 Å². The minimum absolute atomic E-state index is 0.0408. The number of nitrogens with two attached hydrogens (primary N) is 1. The van der Waals surface area contributed by atoms with Crippen LogP contribution in [0.1, 0.15) is 20.3 Å². The molecule has 1 unspecified atom stereocenters. The zero-order chi connectivity index (χ0) is 11.9. The summed E-state index contributed by atoms with van der Waals surface area (Å²) in [6.45, 7) is 4.48. The highest BCUT2D eigenvalue weighted by atomic mass is 16.5. The molecule has 90 valence electrons. The van der Waals surface area contributed by atoms with Gasteiger partial charge in [0, 0.05) is 26.8 Å². The van der Waals surface area contributed by atoms with E-state index in [1.807, 2.05) is 0 Å². The first kappa shape index (κ1) is 14.3. The third kappa shape index (κ3) is 5.71. The summed E-state index contributed by atoms with van der Waals surface area (Å²) in [4.78, 5) is 11.5. The van der Waals surface area contributed by atoms with Gasteiger partial charge in [-0.15, -0.1) is 0 Å². The molecule has 0 aliphatic heterocycles. The molecule has 0 saturated carbocycles. The van der Waals surface area contributed by atoms with Gasteiger partial charge in [-0.2, -0.15) is 0 Å². The zero-order valence-electron chi connectivity index (χ0n) is 10.0. The van der Waals surface area contributed by atoms with Gasteiger partial charge < -0.3 is 20.5 Å². The molecule has 0 aliphatic rings. The molecule has 0 aromatic rings. The van der Waals surface area contributed by atoms with Gasteiger partial charge in [-0.05, 0) is 20.3 Å². The Hall–Kier alpha value is -0.650. The Bertz CT molecular complexity index is 195. The number of ether oxygens (including phenoxy) is 2. The Morgan fingerprint density at radius 2 is 2.07 bits per heavy atom. The Balaban J connectivity index is 3.73. The van der Waals surface area contributed by atoms with Crippen molar-refractivity contribution in [1.29, 1.82) is 0 Å². The van der Waals surface area contributed by atoms with Gasteiger partial charge in [0.25, 0.3) is 5.91 Å². The van der Waals surface area contributed by atoms with Gasteiger partial charge in [0.15, 0.2) is 0 Å². The van der Waals surface area contributed by atoms with E-state index in [-0.39, 0.29) is 11.9 Å². The van der Waals surface area contributed by atoms with Crippen LogP contribution in [0, 0.1) is 0 Å². The van der Waals surface area contributed by atoms with Crippen LogP contribution in [0.4, 0.5) is 0 Å². The topological polar surface area (TPSA) is 73.6 Å². The molecular weight excluding hydrogens is 196 g/mol. The Morgan fingerprint density at radius 1 is 1.47 bits per heavy atom. The van der Waals surface area contributed by atoms with Crippen molar-refractivity contribution < 1.29 is 14.3 Å². The number of amides is 1. The molecule has 0 bridgehead atoms. The number of hydrogen-bond donors (Lipinski definition) is 2. The fourth-order valence-electron chi connectivity index (χ4n) is 0.974. The van der Waals surface area contributed by atoms with Gasteiger partial charge in [-0.3, -0.25) is 4.79 Å². The molecule has 0 aromatic carbocycles. The number of carbonyl (C=O) groups excluding carboxylic acids is 1. The van der Waals surface area contributed by atoms with Crippen LogP contribution in [0.3, 0.4) is 0 Å². The van der Waals surface area contributed by atoms with E-state index in [0.29, 0.717) is 19.6 Å². The van der Waals surface area contributed by atoms with Crippen LogP contribution in [-0.4, -0.2) is 44.9 Å². The van der Waals surface area contributed by atoms with Crippen LogP contribution >= 0.6 is 0 Å². The molecule has 0 radical (unpaired) electrons. The Labute approximate surface area is 91.3 Å². The smallest absolute Gasteiger partial charge is 0.251 e. The van der Waals surface area contributed by atoms with Crippen LogP contribution in [0.15, 0.2) is 0 Å². The maximum absolute atomic E-state index is 11.5. The number of carbonyl (C=O) groups is 1. The average molecular weight is 218 g/mol. The van der Waals surface area contributed by atoms with E-state index in [1.165, 1.54) is 7.11 Å². The second-order valence-electron chi connectivity index (χ2n) is 3.97. The fraction of sp³-hybridized carbons (Fsp3) is 0.900. The van der Waals surface area contributed by atoms with Crippen molar-refractivity contribution in [1.82, 2.24) is 5.32 Å². The molecule has 0 aliphatic carbocycles. The summed E-state index contributed by atoms with van der Waals surface area (Å²) >= 11 is 0. The fourth-order valence-corrected chi connectivity index (χ4v) is 0.974. The van der Waals surface area contributed by atoms with Gasteiger partial charge >= 0.3 is 0 Å². The molecule has 0 rings (SSSR count). The first-order valence-electron chi connectivity index (χ1n) is 5.02. The standard InChI is InChI=1S/C10H22N2O3/c1-10(2,15-4)9(13)12-6-5-8(11)7-14-3/h8H,5-7,11H2,1-4H3,(H,12,13). The Kier molecular flexibility index (Phi) is 6.47. The molecule has 0 saturated heterocycles. The number of methoxy groups -OCH3 is 2.